The molecule has 0 spiro atoms. The Kier molecular flexibility index (Phi) is 26.5. The van der Waals surface area contributed by atoms with Crippen LogP contribution in [0, 0.1) is 17.8 Å². The van der Waals surface area contributed by atoms with Gasteiger partial charge in [-0.05, 0) is 95.1 Å². The van der Waals surface area contributed by atoms with Crippen LogP contribution in [-0.4, -0.2) is 183 Å². The number of unbranched alkanes of at least 4 members (excludes halogenated alkanes) is 2. The number of hydrogen-bond donors (Lipinski definition) is 8. The van der Waals surface area contributed by atoms with Gasteiger partial charge >= 0.3 is 18.2 Å². The van der Waals surface area contributed by atoms with Crippen LogP contribution in [0.4, 0.5) is 15.3 Å². The molecule has 86 heavy (non-hydrogen) atoms. The first kappa shape index (κ1) is 69.3. The number of esters is 1. The lowest BCUT2D eigenvalue weighted by molar-refractivity contribution is -0.151. The van der Waals surface area contributed by atoms with Crippen LogP contribution in [-0.2, 0) is 63.9 Å². The molecule has 9 amide bonds. The molecule has 4 aliphatic heterocycles. The molecule has 5 rings (SSSR count). The maximum absolute atomic E-state index is 13.7. The average Bonchev–Trinajstić information content (AvgIpc) is 2.13. The van der Waals surface area contributed by atoms with Gasteiger partial charge in [-0.3, -0.25) is 43.3 Å². The predicted octanol–water partition coefficient (Wildman–Crippen LogP) is 3.34. The standard InChI is InChI=1S/C61H88N8O17/c1-9-46(71)39(5)55-48(84-55)34-61(8,82)26-13-14-37(3)54-38(4)17-23-47(36(2)16-22-44(70)32-53(76)86-54)85-60(81)68-30-28-67(29-31-68)59(80)83-35-42-18-20-43(21-19-42)65-58(79)45(33-49(62)72)66-57(78)41(7)64-56(77)40(6)63-50(73)15-11-10-12-27-69-51(74)24-25-52(69)75/h13-14,17-21,23-26,36,38-41,44-48,54-55,70-71,82H,9-12,15-16,22,27-35H2,1-8H3,(H2,62,72)(H,63,73)(H,64,77)(H,65,79)(H,66,78)/b23-17+,26-13+,37-14+/t36-,38-,39+,40-,41-,44+,45-,46-,47-,48+,54+,55+,61?/m0/s1. The topological polar surface area (TPSA) is 355 Å². The van der Waals surface area contributed by atoms with E-state index in [0.29, 0.717) is 49.7 Å². The zero-order chi connectivity index (χ0) is 63.4. The first-order valence-corrected chi connectivity index (χ1v) is 29.6. The maximum atomic E-state index is 13.7. The number of aliphatic hydroxyl groups is 3. The quantitative estimate of drug-likeness (QED) is 0.0125. The highest BCUT2D eigenvalue weighted by molar-refractivity contribution is 6.12. The Balaban J connectivity index is 1.05. The number of primary amides is 1. The van der Waals surface area contributed by atoms with Crippen LogP contribution in [0.5, 0.6) is 0 Å². The van der Waals surface area contributed by atoms with Gasteiger partial charge in [-0.2, -0.15) is 0 Å². The molecule has 25 heteroatoms. The van der Waals surface area contributed by atoms with Gasteiger partial charge in [0, 0.05) is 75.2 Å². The Bertz CT molecular complexity index is 2670. The summed E-state index contributed by atoms with van der Waals surface area (Å²) in [6, 6.07) is 2.57. The molecule has 4 aliphatic rings. The first-order chi connectivity index (χ1) is 40.6. The number of cyclic esters (lactones) is 1. The van der Waals surface area contributed by atoms with E-state index in [2.05, 4.69) is 21.3 Å². The van der Waals surface area contributed by atoms with E-state index in [1.807, 2.05) is 33.8 Å². The number of imide groups is 1. The largest absolute Gasteiger partial charge is 0.457 e. The summed E-state index contributed by atoms with van der Waals surface area (Å²) in [6.07, 6.45) is 9.10. The number of carbonyl (C=O) groups is 10. The van der Waals surface area contributed by atoms with Crippen LogP contribution in [0.25, 0.3) is 0 Å². The van der Waals surface area contributed by atoms with Crippen molar-refractivity contribution in [2.45, 2.75) is 187 Å². The number of piperazine rings is 1. The van der Waals surface area contributed by atoms with Gasteiger partial charge in [0.2, 0.25) is 29.5 Å². The van der Waals surface area contributed by atoms with Gasteiger partial charge in [0.05, 0.1) is 42.9 Å². The van der Waals surface area contributed by atoms with Crippen LogP contribution in [0.15, 0.2) is 72.4 Å². The second-order valence-electron chi connectivity index (χ2n) is 23.2. The number of nitrogens with two attached hydrogens (primary N) is 1. The molecular formula is C61H88N8O17. The Morgan fingerprint density at radius 2 is 1.48 bits per heavy atom. The van der Waals surface area contributed by atoms with Crippen LogP contribution < -0.4 is 27.0 Å². The molecule has 1 unspecified atom stereocenters. The van der Waals surface area contributed by atoms with E-state index in [-0.39, 0.29) is 100 Å². The molecule has 9 N–H and O–H groups in total. The van der Waals surface area contributed by atoms with E-state index in [9.17, 15) is 63.3 Å². The molecule has 0 bridgehead atoms. The van der Waals surface area contributed by atoms with Crippen molar-refractivity contribution in [3.05, 3.63) is 77.9 Å². The third-order valence-corrected chi connectivity index (χ3v) is 15.7. The summed E-state index contributed by atoms with van der Waals surface area (Å²) in [5, 5.41) is 42.2. The lowest BCUT2D eigenvalue weighted by atomic mass is 9.91. The van der Waals surface area contributed by atoms with Crippen molar-refractivity contribution in [2.24, 2.45) is 23.5 Å². The van der Waals surface area contributed by atoms with Gasteiger partial charge in [0.25, 0.3) is 11.8 Å². The van der Waals surface area contributed by atoms with E-state index in [0.717, 1.165) is 4.90 Å². The number of hydrogen-bond acceptors (Lipinski definition) is 17. The number of rotatable bonds is 26. The number of nitrogens with zero attached hydrogens (tertiary/aromatic N) is 3. The summed E-state index contributed by atoms with van der Waals surface area (Å²) in [5.41, 5.74) is 5.70. The van der Waals surface area contributed by atoms with Crippen LogP contribution in [0.1, 0.15) is 125 Å². The highest BCUT2D eigenvalue weighted by atomic mass is 16.6. The number of nitrogens with one attached hydrogen (secondary N) is 4. The van der Waals surface area contributed by atoms with Crippen molar-refractivity contribution in [3.8, 4) is 0 Å². The summed E-state index contributed by atoms with van der Waals surface area (Å²) >= 11 is 0. The number of amides is 9. The maximum Gasteiger partial charge on any atom is 0.410 e. The number of allylic oxidation sites excluding steroid dienone is 2. The molecule has 0 aliphatic carbocycles. The highest BCUT2D eigenvalue weighted by Crippen LogP contribution is 2.38. The van der Waals surface area contributed by atoms with Gasteiger partial charge in [-0.15, -0.1) is 0 Å². The summed E-state index contributed by atoms with van der Waals surface area (Å²) in [4.78, 5) is 131. The monoisotopic (exact) mass is 1200 g/mol. The third kappa shape index (κ3) is 22.1. The Morgan fingerprint density at radius 3 is 2.12 bits per heavy atom. The number of anilines is 1. The summed E-state index contributed by atoms with van der Waals surface area (Å²) < 4.78 is 23.3. The van der Waals surface area contributed by atoms with Crippen molar-refractivity contribution >= 4 is 65.2 Å². The van der Waals surface area contributed by atoms with Crippen molar-refractivity contribution in [1.29, 1.82) is 0 Å². The van der Waals surface area contributed by atoms with Crippen molar-refractivity contribution < 1.29 is 82.2 Å². The summed E-state index contributed by atoms with van der Waals surface area (Å²) in [7, 11) is 0. The molecule has 0 saturated carbocycles. The number of ether oxygens (including phenoxy) is 4. The van der Waals surface area contributed by atoms with Gasteiger partial charge in [-0.25, -0.2) is 9.59 Å². The third-order valence-electron chi connectivity index (χ3n) is 15.7. The van der Waals surface area contributed by atoms with Gasteiger partial charge in [-0.1, -0.05) is 70.6 Å². The Labute approximate surface area is 502 Å². The van der Waals surface area contributed by atoms with Crippen LogP contribution >= 0.6 is 0 Å². The fourth-order valence-electron chi connectivity index (χ4n) is 10.1. The van der Waals surface area contributed by atoms with Crippen molar-refractivity contribution in [3.63, 3.8) is 0 Å². The van der Waals surface area contributed by atoms with E-state index < -0.39 is 108 Å². The zero-order valence-corrected chi connectivity index (χ0v) is 50.6. The number of benzene rings is 1. The first-order valence-electron chi connectivity index (χ1n) is 29.6. The second kappa shape index (κ2) is 32.9. The van der Waals surface area contributed by atoms with E-state index >= 15 is 0 Å². The molecule has 2 fully saturated rings. The average molecular weight is 1210 g/mol. The van der Waals surface area contributed by atoms with Crippen molar-refractivity contribution in [2.75, 3.05) is 38.0 Å². The minimum Gasteiger partial charge on any atom is -0.457 e. The van der Waals surface area contributed by atoms with Crippen LogP contribution in [0.3, 0.4) is 0 Å². The molecule has 1 aromatic carbocycles. The minimum absolute atomic E-state index is 0.0546. The van der Waals surface area contributed by atoms with E-state index in [1.165, 1.54) is 47.9 Å². The molecule has 13 atom stereocenters. The number of aliphatic hydroxyl groups excluding tert-OH is 2. The summed E-state index contributed by atoms with van der Waals surface area (Å²) in [5.74, 6) is -5.61. The lowest BCUT2D eigenvalue weighted by Crippen LogP contribution is -2.55. The van der Waals surface area contributed by atoms with Crippen molar-refractivity contribution in [1.82, 2.24) is 30.7 Å². The Hall–Kier alpha value is -7.48. The van der Waals surface area contributed by atoms with Gasteiger partial charge < -0.3 is 71.1 Å². The molecule has 474 valence electrons. The Morgan fingerprint density at radius 1 is 0.849 bits per heavy atom. The molecule has 25 nitrogen and oxygen atoms in total. The predicted molar refractivity (Wildman–Crippen MR) is 313 cm³/mol. The number of epoxide rings is 1. The molecule has 0 aromatic heterocycles. The fraction of sp³-hybridized carbons (Fsp3) is 0.607. The smallest absolute Gasteiger partial charge is 0.410 e. The van der Waals surface area contributed by atoms with Crippen LogP contribution in [0.2, 0.25) is 0 Å². The van der Waals surface area contributed by atoms with E-state index in [1.54, 1.807) is 50.3 Å². The fourth-order valence-corrected chi connectivity index (χ4v) is 10.1. The lowest BCUT2D eigenvalue weighted by Gasteiger charge is -2.35. The SMILES string of the molecule is CC[C@H](O)[C@@H](C)[C@H]1O[C@@H]1CC(C)(O)/C=C/C=C(\C)[C@H]1OC(=O)C[C@H](O)CC[C@H](C)[C@@H](OC(=O)N2CCN(C(=O)OCc3ccc(NC(=O)[C@H](CC(N)=O)NC(=O)[C@H](C)NC(=O)[C@H](C)NC(=O)CCCCCN4C(=O)C=CC4=O)cc3)CC2)/C=C/[C@@H]1C. The zero-order valence-electron chi connectivity index (χ0n) is 50.6. The second-order valence-corrected chi connectivity index (χ2v) is 23.2. The molecule has 1 aromatic rings. The van der Waals surface area contributed by atoms with Gasteiger partial charge in [0.1, 0.15) is 36.9 Å². The molecule has 0 radical (unpaired) electrons. The highest BCUT2D eigenvalue weighted by Gasteiger charge is 2.47. The normalized spacial score (nSPS) is 24.8. The number of carbonyl (C=O) groups excluding carboxylic acids is 10. The minimum atomic E-state index is -1.43. The van der Waals surface area contributed by atoms with Gasteiger partial charge in [0.15, 0.2) is 0 Å². The molecular weight excluding hydrogens is 1120 g/mol. The summed E-state index contributed by atoms with van der Waals surface area (Å²) in [6.45, 7) is 14.6. The molecule has 2 saturated heterocycles. The van der Waals surface area contributed by atoms with E-state index in [4.69, 9.17) is 24.7 Å². The molecule has 4 heterocycles.